The van der Waals surface area contributed by atoms with Crippen LogP contribution in [0.25, 0.3) is 0 Å². The summed E-state index contributed by atoms with van der Waals surface area (Å²) in [6, 6.07) is 8.42. The van der Waals surface area contributed by atoms with E-state index in [4.69, 9.17) is 5.73 Å². The van der Waals surface area contributed by atoms with Crippen LogP contribution in [-0.4, -0.2) is 24.5 Å². The van der Waals surface area contributed by atoms with E-state index in [1.165, 1.54) is 31.4 Å². The van der Waals surface area contributed by atoms with Gasteiger partial charge in [0.25, 0.3) is 0 Å². The molecule has 2 rings (SSSR count). The summed E-state index contributed by atoms with van der Waals surface area (Å²) in [5, 5.41) is 0. The lowest BCUT2D eigenvalue weighted by atomic mass is 9.85. The van der Waals surface area contributed by atoms with E-state index < -0.39 is 0 Å². The lowest BCUT2D eigenvalue weighted by Crippen LogP contribution is -2.34. The minimum atomic E-state index is 0.131. The van der Waals surface area contributed by atoms with Crippen LogP contribution in [0.5, 0.6) is 0 Å². The number of halogens is 1. The summed E-state index contributed by atoms with van der Waals surface area (Å²) in [6.07, 6.45) is 5.31. The van der Waals surface area contributed by atoms with Crippen LogP contribution < -0.4 is 5.73 Å². The molecule has 0 radical (unpaired) electrons. The molecule has 2 N–H and O–H groups in total. The molecule has 106 valence electrons. The van der Waals surface area contributed by atoms with Gasteiger partial charge in [-0.1, -0.05) is 47.5 Å². The van der Waals surface area contributed by atoms with E-state index in [-0.39, 0.29) is 6.04 Å². The summed E-state index contributed by atoms with van der Waals surface area (Å²) in [4.78, 5) is 2.56. The van der Waals surface area contributed by atoms with Crippen molar-refractivity contribution in [1.82, 2.24) is 4.90 Å². The van der Waals surface area contributed by atoms with Gasteiger partial charge in [0.2, 0.25) is 0 Å². The Morgan fingerprint density at radius 1 is 1.37 bits per heavy atom. The first-order valence-corrected chi connectivity index (χ1v) is 8.22. The highest BCUT2D eigenvalue weighted by Gasteiger charge is 2.20. The van der Waals surface area contributed by atoms with Gasteiger partial charge in [-0.25, -0.2) is 0 Å². The lowest BCUT2D eigenvalue weighted by Gasteiger charge is -2.32. The molecule has 1 aliphatic rings. The third-order valence-electron chi connectivity index (χ3n) is 4.25. The highest BCUT2D eigenvalue weighted by Crippen LogP contribution is 2.28. The van der Waals surface area contributed by atoms with Gasteiger partial charge in [-0.05, 0) is 49.9 Å². The summed E-state index contributed by atoms with van der Waals surface area (Å²) < 4.78 is 1.13. The molecule has 1 fully saturated rings. The van der Waals surface area contributed by atoms with E-state index in [1.807, 2.05) is 6.07 Å². The summed E-state index contributed by atoms with van der Waals surface area (Å²) >= 11 is 3.59. The molecule has 0 heterocycles. The molecular formula is C16H25BrN2. The number of nitrogens with zero attached hydrogens (tertiary/aromatic N) is 1. The Balaban J connectivity index is 1.81. The number of nitrogens with two attached hydrogens (primary N) is 1. The van der Waals surface area contributed by atoms with Gasteiger partial charge in [0.15, 0.2) is 0 Å². The molecular weight excluding hydrogens is 300 g/mol. The maximum atomic E-state index is 6.32. The molecule has 0 aromatic heterocycles. The minimum absolute atomic E-state index is 0.131. The summed E-state index contributed by atoms with van der Waals surface area (Å²) in [6.45, 7) is 5.76. The van der Waals surface area contributed by atoms with Crippen molar-refractivity contribution < 1.29 is 0 Å². The fourth-order valence-corrected chi connectivity index (χ4v) is 3.25. The van der Waals surface area contributed by atoms with Crippen LogP contribution in [-0.2, 0) is 0 Å². The minimum Gasteiger partial charge on any atom is -0.324 e. The Labute approximate surface area is 125 Å². The SMILES string of the molecule is CCN(CCC(N)c1ccccc1Br)CC1CCC1. The first-order valence-electron chi connectivity index (χ1n) is 7.43. The zero-order valence-corrected chi connectivity index (χ0v) is 13.4. The topological polar surface area (TPSA) is 29.3 Å². The Bertz CT molecular complexity index is 390. The van der Waals surface area contributed by atoms with Crippen LogP contribution in [0.3, 0.4) is 0 Å². The van der Waals surface area contributed by atoms with Gasteiger partial charge in [-0.3, -0.25) is 0 Å². The highest BCUT2D eigenvalue weighted by atomic mass is 79.9. The predicted molar refractivity (Wildman–Crippen MR) is 85.1 cm³/mol. The van der Waals surface area contributed by atoms with Crippen molar-refractivity contribution in [2.75, 3.05) is 19.6 Å². The Hall–Kier alpha value is -0.380. The molecule has 1 aromatic carbocycles. The van der Waals surface area contributed by atoms with Crippen molar-refractivity contribution in [3.8, 4) is 0 Å². The van der Waals surface area contributed by atoms with E-state index in [1.54, 1.807) is 0 Å². The van der Waals surface area contributed by atoms with Crippen LogP contribution >= 0.6 is 15.9 Å². The molecule has 1 atom stereocenters. The maximum Gasteiger partial charge on any atom is 0.0318 e. The van der Waals surface area contributed by atoms with Crippen LogP contribution in [0.2, 0.25) is 0 Å². The zero-order valence-electron chi connectivity index (χ0n) is 11.8. The first-order chi connectivity index (χ1) is 9.20. The molecule has 1 aliphatic carbocycles. The van der Waals surface area contributed by atoms with E-state index in [2.05, 4.69) is 46.0 Å². The van der Waals surface area contributed by atoms with E-state index in [9.17, 15) is 0 Å². The second kappa shape index (κ2) is 7.41. The fraction of sp³-hybridized carbons (Fsp3) is 0.625. The number of hydrogen-bond acceptors (Lipinski definition) is 2. The van der Waals surface area contributed by atoms with Gasteiger partial charge in [-0.2, -0.15) is 0 Å². The van der Waals surface area contributed by atoms with Gasteiger partial charge >= 0.3 is 0 Å². The summed E-state index contributed by atoms with van der Waals surface area (Å²) in [7, 11) is 0. The predicted octanol–water partition coefficient (Wildman–Crippen LogP) is 3.96. The maximum absolute atomic E-state index is 6.32. The van der Waals surface area contributed by atoms with Crippen molar-refractivity contribution in [1.29, 1.82) is 0 Å². The zero-order chi connectivity index (χ0) is 13.7. The average molecular weight is 325 g/mol. The Kier molecular flexibility index (Phi) is 5.86. The number of benzene rings is 1. The van der Waals surface area contributed by atoms with Gasteiger partial charge in [0.05, 0.1) is 0 Å². The van der Waals surface area contributed by atoms with Crippen molar-refractivity contribution >= 4 is 15.9 Å². The van der Waals surface area contributed by atoms with E-state index in [0.29, 0.717) is 0 Å². The fourth-order valence-electron chi connectivity index (χ4n) is 2.67. The molecule has 19 heavy (non-hydrogen) atoms. The molecule has 1 unspecified atom stereocenters. The van der Waals surface area contributed by atoms with Crippen LogP contribution in [0.4, 0.5) is 0 Å². The Morgan fingerprint density at radius 2 is 2.11 bits per heavy atom. The average Bonchev–Trinajstić information content (AvgIpc) is 2.37. The quantitative estimate of drug-likeness (QED) is 0.822. The van der Waals surface area contributed by atoms with Gasteiger partial charge in [-0.15, -0.1) is 0 Å². The molecule has 2 nitrogen and oxygen atoms in total. The van der Waals surface area contributed by atoms with Crippen LogP contribution in [0, 0.1) is 5.92 Å². The Morgan fingerprint density at radius 3 is 2.68 bits per heavy atom. The largest absolute Gasteiger partial charge is 0.324 e. The lowest BCUT2D eigenvalue weighted by molar-refractivity contribution is 0.180. The van der Waals surface area contributed by atoms with Crippen molar-refractivity contribution in [3.05, 3.63) is 34.3 Å². The molecule has 0 amide bonds. The second-order valence-electron chi connectivity index (χ2n) is 5.61. The first kappa shape index (κ1) is 15.0. The van der Waals surface area contributed by atoms with Gasteiger partial charge in [0.1, 0.15) is 0 Å². The summed E-state index contributed by atoms with van der Waals surface area (Å²) in [5.41, 5.74) is 7.54. The van der Waals surface area contributed by atoms with Gasteiger partial charge in [0, 0.05) is 17.1 Å². The van der Waals surface area contributed by atoms with Crippen molar-refractivity contribution in [2.24, 2.45) is 11.7 Å². The normalized spacial score (nSPS) is 17.5. The third-order valence-corrected chi connectivity index (χ3v) is 4.97. The highest BCUT2D eigenvalue weighted by molar-refractivity contribution is 9.10. The number of rotatable bonds is 7. The van der Waals surface area contributed by atoms with E-state index >= 15 is 0 Å². The third kappa shape index (κ3) is 4.30. The van der Waals surface area contributed by atoms with Crippen LogP contribution in [0.1, 0.15) is 44.2 Å². The van der Waals surface area contributed by atoms with Crippen LogP contribution in [0.15, 0.2) is 28.7 Å². The van der Waals surface area contributed by atoms with Crippen molar-refractivity contribution in [3.63, 3.8) is 0 Å². The molecule has 0 spiro atoms. The molecule has 0 saturated heterocycles. The second-order valence-corrected chi connectivity index (χ2v) is 6.46. The molecule has 0 aliphatic heterocycles. The summed E-state index contributed by atoms with van der Waals surface area (Å²) in [5.74, 6) is 0.944. The standard InChI is InChI=1S/C16H25BrN2/c1-2-19(12-13-6-5-7-13)11-10-16(18)14-8-3-4-9-15(14)17/h3-4,8-9,13,16H,2,5-7,10-12,18H2,1H3. The van der Waals surface area contributed by atoms with Crippen molar-refractivity contribution in [2.45, 2.75) is 38.6 Å². The number of hydrogen-bond donors (Lipinski definition) is 1. The van der Waals surface area contributed by atoms with Gasteiger partial charge < -0.3 is 10.6 Å². The van der Waals surface area contributed by atoms with E-state index in [0.717, 1.165) is 29.9 Å². The molecule has 0 bridgehead atoms. The smallest absolute Gasteiger partial charge is 0.0318 e. The molecule has 1 aromatic rings. The molecule has 1 saturated carbocycles. The molecule has 3 heteroatoms. The monoisotopic (exact) mass is 324 g/mol.